The van der Waals surface area contributed by atoms with Crippen molar-refractivity contribution in [1.82, 2.24) is 19.8 Å². The second kappa shape index (κ2) is 6.69. The molecule has 3 unspecified atom stereocenters. The molecule has 2 aliphatic carbocycles. The summed E-state index contributed by atoms with van der Waals surface area (Å²) in [6, 6.07) is -0.861. The summed E-state index contributed by atoms with van der Waals surface area (Å²) in [5, 5.41) is 2.16. The summed E-state index contributed by atoms with van der Waals surface area (Å²) in [4.78, 5) is 40.0. The van der Waals surface area contributed by atoms with E-state index >= 15 is 0 Å². The monoisotopic (exact) mass is 412 g/mol. The highest BCUT2D eigenvalue weighted by atomic mass is 32.2. The third kappa shape index (κ3) is 3.52. The first-order valence-electron chi connectivity index (χ1n) is 10.00. The van der Waals surface area contributed by atoms with E-state index < -0.39 is 21.2 Å². The van der Waals surface area contributed by atoms with Crippen LogP contribution in [0, 0.1) is 5.92 Å². The van der Waals surface area contributed by atoms with E-state index in [1.807, 2.05) is 6.92 Å². The maximum absolute atomic E-state index is 13.1. The molecule has 4 rings (SSSR count). The van der Waals surface area contributed by atoms with E-state index in [0.717, 1.165) is 12.8 Å². The average molecular weight is 413 g/mol. The molecule has 2 N–H and O–H groups in total. The number of nitrogens with one attached hydrogen (secondary N) is 2. The van der Waals surface area contributed by atoms with Gasteiger partial charge in [-0.1, -0.05) is 0 Å². The maximum Gasteiger partial charge on any atom is 0.326 e. The van der Waals surface area contributed by atoms with Gasteiger partial charge in [-0.15, -0.1) is 0 Å². The van der Waals surface area contributed by atoms with Gasteiger partial charge < -0.3 is 10.2 Å². The predicted octanol–water partition coefficient (Wildman–Crippen LogP) is 0.168. The normalized spacial score (nSPS) is 35.0. The standard InChI is InChI=1S/C18H28N4O5S/c1-18(7-8-18)20-28(26,27)12-4-5-14-13(9-12)16(24)22(17(25)21(14)2)10-11-3-6-15(23)19-11/h11-14,20H,3-10H2,1-2H3,(H,19,23)/t11-,12?,13?,14?/m1/s1. The van der Waals surface area contributed by atoms with Crippen LogP contribution in [0.5, 0.6) is 0 Å². The number of rotatable bonds is 5. The molecule has 9 nitrogen and oxygen atoms in total. The second-order valence-corrected chi connectivity index (χ2v) is 10.9. The number of urea groups is 1. The number of imide groups is 1. The molecule has 0 radical (unpaired) electrons. The van der Waals surface area contributed by atoms with Gasteiger partial charge in [0.05, 0.1) is 17.7 Å². The molecule has 0 aromatic rings. The van der Waals surface area contributed by atoms with Crippen molar-refractivity contribution >= 4 is 27.9 Å². The number of fused-ring (bicyclic) bond motifs is 1. The SMILES string of the molecule is CN1C(=O)N(C[C@H]2CCC(=O)N2)C(=O)C2CC(S(=O)(=O)NC3(C)CC3)CCC21. The van der Waals surface area contributed by atoms with Gasteiger partial charge in [0.15, 0.2) is 0 Å². The number of hydrogen-bond donors (Lipinski definition) is 2. The van der Waals surface area contributed by atoms with Crippen molar-refractivity contribution in [1.29, 1.82) is 0 Å². The van der Waals surface area contributed by atoms with Crippen LogP contribution in [0.1, 0.15) is 51.9 Å². The van der Waals surface area contributed by atoms with E-state index in [0.29, 0.717) is 25.7 Å². The lowest BCUT2D eigenvalue weighted by molar-refractivity contribution is -0.140. The molecule has 4 fully saturated rings. The van der Waals surface area contributed by atoms with Crippen molar-refractivity contribution in [2.24, 2.45) is 5.92 Å². The predicted molar refractivity (Wildman–Crippen MR) is 101 cm³/mol. The van der Waals surface area contributed by atoms with Crippen LogP contribution in [0.25, 0.3) is 0 Å². The van der Waals surface area contributed by atoms with Crippen molar-refractivity contribution < 1.29 is 22.8 Å². The molecule has 2 saturated heterocycles. The number of amides is 4. The topological polar surface area (TPSA) is 116 Å². The van der Waals surface area contributed by atoms with Crippen LogP contribution in [0.3, 0.4) is 0 Å². The van der Waals surface area contributed by atoms with Gasteiger partial charge in [-0.2, -0.15) is 0 Å². The van der Waals surface area contributed by atoms with Gasteiger partial charge in [0.1, 0.15) is 0 Å². The third-order valence-electron chi connectivity index (χ3n) is 6.69. The van der Waals surface area contributed by atoms with Gasteiger partial charge in [0.2, 0.25) is 21.8 Å². The zero-order valence-electron chi connectivity index (χ0n) is 16.3. The number of hydrogen-bond acceptors (Lipinski definition) is 5. The smallest absolute Gasteiger partial charge is 0.326 e. The van der Waals surface area contributed by atoms with Crippen LogP contribution in [0.4, 0.5) is 4.79 Å². The summed E-state index contributed by atoms with van der Waals surface area (Å²) in [6.45, 7) is 2.04. The van der Waals surface area contributed by atoms with Crippen LogP contribution in [0.2, 0.25) is 0 Å². The molecule has 2 heterocycles. The van der Waals surface area contributed by atoms with Crippen molar-refractivity contribution in [3.8, 4) is 0 Å². The molecule has 156 valence electrons. The van der Waals surface area contributed by atoms with Gasteiger partial charge in [-0.05, 0) is 45.4 Å². The molecule has 0 aromatic heterocycles. The Morgan fingerprint density at radius 1 is 1.18 bits per heavy atom. The molecule has 4 amide bonds. The fourth-order valence-electron chi connectivity index (χ4n) is 4.67. The molecule has 0 spiro atoms. The van der Waals surface area contributed by atoms with Gasteiger partial charge in [0, 0.05) is 31.1 Å². The molecule has 4 atom stereocenters. The molecule has 2 saturated carbocycles. The van der Waals surface area contributed by atoms with E-state index in [-0.39, 0.29) is 48.4 Å². The largest absolute Gasteiger partial charge is 0.352 e. The first kappa shape index (κ1) is 19.6. The van der Waals surface area contributed by atoms with Crippen molar-refractivity contribution in [3.05, 3.63) is 0 Å². The Morgan fingerprint density at radius 3 is 2.50 bits per heavy atom. The minimum absolute atomic E-state index is 0.0726. The summed E-state index contributed by atoms with van der Waals surface area (Å²) >= 11 is 0. The molecule has 10 heteroatoms. The lowest BCUT2D eigenvalue weighted by Crippen LogP contribution is -2.64. The van der Waals surface area contributed by atoms with E-state index in [1.165, 1.54) is 4.90 Å². The zero-order chi connectivity index (χ0) is 20.3. The van der Waals surface area contributed by atoms with E-state index in [2.05, 4.69) is 10.0 Å². The van der Waals surface area contributed by atoms with Crippen molar-refractivity contribution in [2.75, 3.05) is 13.6 Å². The minimum atomic E-state index is -3.51. The van der Waals surface area contributed by atoms with Gasteiger partial charge in [-0.3, -0.25) is 14.5 Å². The lowest BCUT2D eigenvalue weighted by atomic mass is 9.81. The molecule has 2 aliphatic heterocycles. The summed E-state index contributed by atoms with van der Waals surface area (Å²) in [5.41, 5.74) is -0.342. The highest BCUT2D eigenvalue weighted by Crippen LogP contribution is 2.39. The molecule has 0 aromatic carbocycles. The Bertz CT molecular complexity index is 809. The Balaban J connectivity index is 1.49. The number of sulfonamides is 1. The van der Waals surface area contributed by atoms with Gasteiger partial charge in [-0.25, -0.2) is 17.9 Å². The van der Waals surface area contributed by atoms with Gasteiger partial charge >= 0.3 is 6.03 Å². The highest BCUT2D eigenvalue weighted by molar-refractivity contribution is 7.90. The van der Waals surface area contributed by atoms with Gasteiger partial charge in [0.25, 0.3) is 0 Å². The fourth-order valence-corrected chi connectivity index (χ4v) is 6.64. The Labute approximate surface area is 165 Å². The molecule has 0 bridgehead atoms. The first-order chi connectivity index (χ1) is 13.1. The van der Waals surface area contributed by atoms with Crippen LogP contribution in [-0.2, 0) is 19.6 Å². The van der Waals surface area contributed by atoms with Crippen LogP contribution >= 0.6 is 0 Å². The summed E-state index contributed by atoms with van der Waals surface area (Å²) in [5.74, 6) is -0.912. The quantitative estimate of drug-likeness (QED) is 0.668. The van der Waals surface area contributed by atoms with Crippen LogP contribution in [-0.4, -0.2) is 72.5 Å². The minimum Gasteiger partial charge on any atom is -0.352 e. The Kier molecular flexibility index (Phi) is 4.69. The van der Waals surface area contributed by atoms with Crippen molar-refractivity contribution in [2.45, 2.75) is 74.7 Å². The van der Waals surface area contributed by atoms with E-state index in [1.54, 1.807) is 11.9 Å². The maximum atomic E-state index is 13.1. The highest BCUT2D eigenvalue weighted by Gasteiger charge is 2.51. The Morgan fingerprint density at radius 2 is 1.89 bits per heavy atom. The molecular weight excluding hydrogens is 384 g/mol. The number of nitrogens with zero attached hydrogens (tertiary/aromatic N) is 2. The number of carbonyl (C=O) groups is 3. The van der Waals surface area contributed by atoms with E-state index in [9.17, 15) is 22.8 Å². The average Bonchev–Trinajstić information content (AvgIpc) is 3.20. The number of carbonyl (C=O) groups excluding carboxylic acids is 3. The first-order valence-corrected chi connectivity index (χ1v) is 11.5. The molecular formula is C18H28N4O5S. The molecule has 28 heavy (non-hydrogen) atoms. The van der Waals surface area contributed by atoms with Crippen LogP contribution < -0.4 is 10.0 Å². The fraction of sp³-hybridized carbons (Fsp3) is 0.833. The van der Waals surface area contributed by atoms with E-state index in [4.69, 9.17) is 0 Å². The zero-order valence-corrected chi connectivity index (χ0v) is 17.1. The summed E-state index contributed by atoms with van der Waals surface area (Å²) in [7, 11) is -1.84. The molecule has 4 aliphatic rings. The second-order valence-electron chi connectivity index (χ2n) is 8.96. The third-order valence-corrected chi connectivity index (χ3v) is 8.78. The van der Waals surface area contributed by atoms with Crippen molar-refractivity contribution in [3.63, 3.8) is 0 Å². The lowest BCUT2D eigenvalue weighted by Gasteiger charge is -2.47. The van der Waals surface area contributed by atoms with Crippen LogP contribution in [0.15, 0.2) is 0 Å². The Hall–Kier alpha value is -1.68. The summed E-state index contributed by atoms with van der Waals surface area (Å²) < 4.78 is 28.4. The summed E-state index contributed by atoms with van der Waals surface area (Å²) in [6.07, 6.45) is 3.82.